The second kappa shape index (κ2) is 14.0. The molecule has 0 atom stereocenters. The lowest BCUT2D eigenvalue weighted by Crippen LogP contribution is -2.30. The van der Waals surface area contributed by atoms with Crippen LogP contribution in [0.3, 0.4) is 0 Å². The van der Waals surface area contributed by atoms with Gasteiger partial charge in [-0.15, -0.1) is 0 Å². The summed E-state index contributed by atoms with van der Waals surface area (Å²) in [6, 6.07) is 14.8. The van der Waals surface area contributed by atoms with Gasteiger partial charge in [0.15, 0.2) is 9.84 Å². The number of likely N-dealkylation sites (N-methyl/N-ethyl adjacent to an activating group) is 1. The summed E-state index contributed by atoms with van der Waals surface area (Å²) in [6.07, 6.45) is 3.74. The van der Waals surface area contributed by atoms with E-state index in [1.807, 2.05) is 0 Å². The molecule has 2 N–H and O–H groups in total. The van der Waals surface area contributed by atoms with Crippen LogP contribution in [0.15, 0.2) is 58.4 Å². The van der Waals surface area contributed by atoms with E-state index in [4.69, 9.17) is 4.74 Å². The fraction of sp³-hybridized carbons (Fsp3) is 0.481. The molecule has 0 fully saturated rings. The Bertz CT molecular complexity index is 1100. The summed E-state index contributed by atoms with van der Waals surface area (Å²) in [6.45, 7) is 5.51. The SMILES string of the molecule is CCCCOc1ccc(S(=O)(=O)CNCCCC(=O)N(C)CCc2ccc(C3=NCCN3)cc2)cc1. The number of nitrogens with one attached hydrogen (secondary N) is 2. The van der Waals surface area contributed by atoms with Gasteiger partial charge in [0.05, 0.1) is 18.0 Å². The van der Waals surface area contributed by atoms with Crippen molar-refractivity contribution in [3.05, 3.63) is 59.7 Å². The molecule has 0 saturated heterocycles. The standard InChI is InChI=1S/C27H38N4O4S/c1-3-4-20-35-24-11-13-25(14-12-24)36(33,34)21-28-16-5-6-26(32)31(2)19-15-22-7-9-23(10-8-22)27-29-17-18-30-27/h7-14,28H,3-6,15-21H2,1-2H3,(H,29,30). The number of aliphatic imine (C=N–C) groups is 1. The molecule has 0 aliphatic carbocycles. The summed E-state index contributed by atoms with van der Waals surface area (Å²) >= 11 is 0. The van der Waals surface area contributed by atoms with Crippen LogP contribution in [0.1, 0.15) is 43.7 Å². The van der Waals surface area contributed by atoms with Gasteiger partial charge in [-0.25, -0.2) is 8.42 Å². The van der Waals surface area contributed by atoms with E-state index in [0.717, 1.165) is 43.8 Å². The summed E-state index contributed by atoms with van der Waals surface area (Å²) in [5, 5.41) is 6.22. The van der Waals surface area contributed by atoms with Gasteiger partial charge in [0.25, 0.3) is 0 Å². The normalized spacial score (nSPS) is 13.2. The number of hydrogen-bond donors (Lipinski definition) is 2. The number of rotatable bonds is 15. The topological polar surface area (TPSA) is 100 Å². The molecular weight excluding hydrogens is 476 g/mol. The number of unbranched alkanes of at least 4 members (excludes halogenated alkanes) is 1. The highest BCUT2D eigenvalue weighted by Gasteiger charge is 2.15. The first kappa shape index (κ1) is 27.7. The molecule has 2 aromatic carbocycles. The minimum atomic E-state index is -3.44. The van der Waals surface area contributed by atoms with Crippen molar-refractivity contribution < 1.29 is 17.9 Å². The maximum absolute atomic E-state index is 12.5. The van der Waals surface area contributed by atoms with E-state index in [1.54, 1.807) is 36.2 Å². The zero-order chi connectivity index (χ0) is 25.8. The van der Waals surface area contributed by atoms with Gasteiger partial charge in [0.2, 0.25) is 5.91 Å². The van der Waals surface area contributed by atoms with Crippen molar-refractivity contribution in [1.29, 1.82) is 0 Å². The van der Waals surface area contributed by atoms with Crippen LogP contribution >= 0.6 is 0 Å². The van der Waals surface area contributed by atoms with Crippen molar-refractivity contribution in [3.8, 4) is 5.75 Å². The molecule has 36 heavy (non-hydrogen) atoms. The van der Waals surface area contributed by atoms with Gasteiger partial charge < -0.3 is 20.3 Å². The highest BCUT2D eigenvalue weighted by atomic mass is 32.2. The van der Waals surface area contributed by atoms with Crippen molar-refractivity contribution in [2.75, 3.05) is 45.7 Å². The maximum atomic E-state index is 12.5. The second-order valence-electron chi connectivity index (χ2n) is 8.96. The summed E-state index contributed by atoms with van der Waals surface area (Å²) in [7, 11) is -1.63. The third kappa shape index (κ3) is 8.64. The molecular formula is C27H38N4O4S. The third-order valence-corrected chi connectivity index (χ3v) is 7.62. The minimum absolute atomic E-state index is 0.0550. The van der Waals surface area contributed by atoms with Crippen LogP contribution in [0, 0.1) is 0 Å². The Labute approximate surface area is 215 Å². The average molecular weight is 515 g/mol. The Hall–Kier alpha value is -2.91. The van der Waals surface area contributed by atoms with Gasteiger partial charge in [0.1, 0.15) is 17.5 Å². The van der Waals surface area contributed by atoms with Gasteiger partial charge >= 0.3 is 0 Å². The third-order valence-electron chi connectivity index (χ3n) is 6.05. The first-order chi connectivity index (χ1) is 17.4. The van der Waals surface area contributed by atoms with E-state index >= 15 is 0 Å². The van der Waals surface area contributed by atoms with Gasteiger partial charge in [-0.1, -0.05) is 37.6 Å². The predicted octanol–water partition coefficient (Wildman–Crippen LogP) is 3.02. The van der Waals surface area contributed by atoms with Crippen molar-refractivity contribution in [3.63, 3.8) is 0 Å². The van der Waals surface area contributed by atoms with Crippen molar-refractivity contribution in [1.82, 2.24) is 15.5 Å². The van der Waals surface area contributed by atoms with Gasteiger partial charge in [-0.3, -0.25) is 9.79 Å². The van der Waals surface area contributed by atoms with Gasteiger partial charge in [-0.05, 0) is 55.6 Å². The maximum Gasteiger partial charge on any atom is 0.222 e. The monoisotopic (exact) mass is 514 g/mol. The summed E-state index contributed by atoms with van der Waals surface area (Å²) < 4.78 is 30.7. The van der Waals surface area contributed by atoms with E-state index in [-0.39, 0.29) is 16.7 Å². The number of carbonyl (C=O) groups is 1. The molecule has 0 unspecified atom stereocenters. The molecule has 8 nitrogen and oxygen atoms in total. The highest BCUT2D eigenvalue weighted by Crippen LogP contribution is 2.17. The van der Waals surface area contributed by atoms with Gasteiger partial charge in [0, 0.05) is 32.1 Å². The van der Waals surface area contributed by atoms with Crippen LogP contribution in [0.2, 0.25) is 0 Å². The highest BCUT2D eigenvalue weighted by molar-refractivity contribution is 7.91. The molecule has 0 aromatic heterocycles. The number of benzene rings is 2. The van der Waals surface area contributed by atoms with Crippen LogP contribution in [-0.4, -0.2) is 70.8 Å². The molecule has 9 heteroatoms. The lowest BCUT2D eigenvalue weighted by atomic mass is 10.1. The number of carbonyl (C=O) groups excluding carboxylic acids is 1. The quantitative estimate of drug-likeness (QED) is 0.355. The number of ether oxygens (including phenoxy) is 1. The fourth-order valence-electron chi connectivity index (χ4n) is 3.76. The molecule has 2 aromatic rings. The van der Waals surface area contributed by atoms with Crippen molar-refractivity contribution >= 4 is 21.6 Å². The number of hydrogen-bond acceptors (Lipinski definition) is 7. The molecule has 0 saturated carbocycles. The van der Waals surface area contributed by atoms with Crippen LogP contribution in [0.25, 0.3) is 0 Å². The molecule has 0 radical (unpaired) electrons. The molecule has 1 heterocycles. The number of nitrogens with zero attached hydrogens (tertiary/aromatic N) is 2. The molecule has 1 aliphatic rings. The first-order valence-electron chi connectivity index (χ1n) is 12.7. The zero-order valence-corrected chi connectivity index (χ0v) is 22.1. The van der Waals surface area contributed by atoms with Crippen LogP contribution in [0.5, 0.6) is 5.75 Å². The number of amidine groups is 1. The van der Waals surface area contributed by atoms with E-state index in [0.29, 0.717) is 38.3 Å². The predicted molar refractivity (Wildman–Crippen MR) is 143 cm³/mol. The fourth-order valence-corrected chi connectivity index (χ4v) is 4.90. The molecule has 196 valence electrons. The van der Waals surface area contributed by atoms with E-state index in [2.05, 4.69) is 46.8 Å². The van der Waals surface area contributed by atoms with E-state index in [1.165, 1.54) is 5.56 Å². The Morgan fingerprint density at radius 3 is 2.53 bits per heavy atom. The van der Waals surface area contributed by atoms with Crippen LogP contribution in [0.4, 0.5) is 0 Å². The lowest BCUT2D eigenvalue weighted by Gasteiger charge is -2.17. The van der Waals surface area contributed by atoms with Crippen molar-refractivity contribution in [2.45, 2.75) is 43.9 Å². The lowest BCUT2D eigenvalue weighted by molar-refractivity contribution is -0.129. The summed E-state index contributed by atoms with van der Waals surface area (Å²) in [5.74, 6) is 1.51. The smallest absolute Gasteiger partial charge is 0.222 e. The number of amides is 1. The zero-order valence-electron chi connectivity index (χ0n) is 21.3. The Morgan fingerprint density at radius 2 is 1.86 bits per heavy atom. The second-order valence-corrected chi connectivity index (χ2v) is 10.9. The average Bonchev–Trinajstić information content (AvgIpc) is 3.43. The Morgan fingerprint density at radius 1 is 1.11 bits per heavy atom. The molecule has 1 aliphatic heterocycles. The molecule has 3 rings (SSSR count). The van der Waals surface area contributed by atoms with Crippen LogP contribution in [-0.2, 0) is 21.1 Å². The molecule has 0 spiro atoms. The largest absolute Gasteiger partial charge is 0.494 e. The van der Waals surface area contributed by atoms with Crippen LogP contribution < -0.4 is 15.4 Å². The Kier molecular flexibility index (Phi) is 10.8. The first-order valence-corrected chi connectivity index (χ1v) is 14.3. The van der Waals surface area contributed by atoms with E-state index < -0.39 is 9.84 Å². The molecule has 1 amide bonds. The Balaban J connectivity index is 1.32. The summed E-state index contributed by atoms with van der Waals surface area (Å²) in [5.41, 5.74) is 2.26. The molecule has 0 bridgehead atoms. The minimum Gasteiger partial charge on any atom is -0.494 e. The summed E-state index contributed by atoms with van der Waals surface area (Å²) in [4.78, 5) is 18.9. The van der Waals surface area contributed by atoms with Gasteiger partial charge in [-0.2, -0.15) is 0 Å². The number of sulfone groups is 1. The van der Waals surface area contributed by atoms with Crippen molar-refractivity contribution in [2.24, 2.45) is 4.99 Å². The van der Waals surface area contributed by atoms with E-state index in [9.17, 15) is 13.2 Å².